The van der Waals surface area contributed by atoms with Gasteiger partial charge in [-0.15, -0.1) is 0 Å². The molecule has 0 fully saturated rings. The first-order chi connectivity index (χ1) is 8.97. The van der Waals surface area contributed by atoms with Gasteiger partial charge in [-0.25, -0.2) is 0 Å². The fraction of sp³-hybridized carbons (Fsp3) is 0.467. The summed E-state index contributed by atoms with van der Waals surface area (Å²) in [5.74, 6) is 0.662. The highest BCUT2D eigenvalue weighted by molar-refractivity contribution is 5.61. The van der Waals surface area contributed by atoms with Crippen molar-refractivity contribution in [3.05, 3.63) is 34.9 Å². The molecule has 0 saturated heterocycles. The quantitative estimate of drug-likeness (QED) is 0.765. The average Bonchev–Trinajstić information content (AvgIpc) is 2.79. The maximum Gasteiger partial charge on any atom is 0.131 e. The Balaban J connectivity index is 2.37. The molecule has 1 aliphatic rings. The third kappa shape index (κ3) is 2.81. The number of hydrogen-bond acceptors (Lipinski definition) is 4. The molecular formula is C15H20O4. The van der Waals surface area contributed by atoms with E-state index in [0.717, 1.165) is 11.1 Å². The highest BCUT2D eigenvalue weighted by Gasteiger charge is 2.36. The molecule has 1 aromatic rings. The van der Waals surface area contributed by atoms with Crippen molar-refractivity contribution in [2.75, 3.05) is 6.61 Å². The zero-order chi connectivity index (χ0) is 14.0. The van der Waals surface area contributed by atoms with E-state index >= 15 is 0 Å². The van der Waals surface area contributed by atoms with E-state index in [9.17, 15) is 10.2 Å². The lowest BCUT2D eigenvalue weighted by atomic mass is 9.95. The van der Waals surface area contributed by atoms with Gasteiger partial charge in [0.2, 0.25) is 0 Å². The lowest BCUT2D eigenvalue weighted by Crippen LogP contribution is -2.39. The van der Waals surface area contributed by atoms with Gasteiger partial charge < -0.3 is 20.1 Å². The van der Waals surface area contributed by atoms with Crippen LogP contribution in [-0.2, 0) is 13.0 Å². The molecule has 19 heavy (non-hydrogen) atoms. The molecule has 0 spiro atoms. The second-order valence-corrected chi connectivity index (χ2v) is 5.33. The number of aliphatic hydroxyl groups excluding tert-OH is 2. The van der Waals surface area contributed by atoms with Crippen molar-refractivity contribution >= 4 is 6.08 Å². The Labute approximate surface area is 113 Å². The van der Waals surface area contributed by atoms with E-state index in [1.165, 1.54) is 0 Å². The van der Waals surface area contributed by atoms with E-state index < -0.39 is 5.60 Å². The lowest BCUT2D eigenvalue weighted by Gasteiger charge is -2.25. The van der Waals surface area contributed by atoms with Crippen LogP contribution in [0, 0.1) is 0 Å². The average molecular weight is 264 g/mol. The van der Waals surface area contributed by atoms with Crippen molar-refractivity contribution < 1.29 is 20.1 Å². The SMILES string of the molecule is CC(C)(O)[C@@H]1Cc2ccc(/C=C\CO)c(CO)c2O1. The summed E-state index contributed by atoms with van der Waals surface area (Å²) < 4.78 is 5.81. The molecule has 1 heterocycles. The van der Waals surface area contributed by atoms with Crippen LogP contribution in [0.25, 0.3) is 6.08 Å². The van der Waals surface area contributed by atoms with E-state index in [-0.39, 0.29) is 19.3 Å². The van der Waals surface area contributed by atoms with Gasteiger partial charge in [-0.1, -0.05) is 24.3 Å². The van der Waals surface area contributed by atoms with E-state index in [0.29, 0.717) is 17.7 Å². The first-order valence-electron chi connectivity index (χ1n) is 6.39. The molecule has 0 bridgehead atoms. The van der Waals surface area contributed by atoms with Crippen LogP contribution < -0.4 is 4.74 Å². The second kappa shape index (κ2) is 5.33. The summed E-state index contributed by atoms with van der Waals surface area (Å²) >= 11 is 0. The summed E-state index contributed by atoms with van der Waals surface area (Å²) in [6.07, 6.45) is 3.70. The number of rotatable bonds is 4. The molecule has 1 atom stereocenters. The highest BCUT2D eigenvalue weighted by Crippen LogP contribution is 2.38. The molecule has 4 heteroatoms. The fourth-order valence-corrected chi connectivity index (χ4v) is 2.28. The van der Waals surface area contributed by atoms with Crippen molar-refractivity contribution in [3.63, 3.8) is 0 Å². The summed E-state index contributed by atoms with van der Waals surface area (Å²) in [7, 11) is 0. The lowest BCUT2D eigenvalue weighted by molar-refractivity contribution is -0.0235. The van der Waals surface area contributed by atoms with Crippen molar-refractivity contribution in [3.8, 4) is 5.75 Å². The van der Waals surface area contributed by atoms with Gasteiger partial charge in [0.25, 0.3) is 0 Å². The van der Waals surface area contributed by atoms with E-state index in [1.807, 2.05) is 12.1 Å². The standard InChI is InChI=1S/C15H20O4/c1-15(2,18)13-8-11-6-5-10(4-3-7-16)12(9-17)14(11)19-13/h3-6,13,16-18H,7-9H2,1-2H3/b4-3-/t13-/m0/s1. The number of ether oxygens (including phenoxy) is 1. The Morgan fingerprint density at radius 1 is 1.37 bits per heavy atom. The zero-order valence-electron chi connectivity index (χ0n) is 11.3. The van der Waals surface area contributed by atoms with Gasteiger partial charge in [0.1, 0.15) is 11.9 Å². The number of hydrogen-bond donors (Lipinski definition) is 3. The van der Waals surface area contributed by atoms with Crippen LogP contribution in [0.1, 0.15) is 30.5 Å². The number of aliphatic hydroxyl groups is 3. The molecule has 0 amide bonds. The van der Waals surface area contributed by atoms with E-state index in [2.05, 4.69) is 0 Å². The van der Waals surface area contributed by atoms with Crippen LogP contribution in [0.3, 0.4) is 0 Å². The molecule has 4 nitrogen and oxygen atoms in total. The first kappa shape index (κ1) is 14.1. The minimum atomic E-state index is -0.924. The minimum Gasteiger partial charge on any atom is -0.486 e. The van der Waals surface area contributed by atoms with Gasteiger partial charge in [-0.05, 0) is 25.0 Å². The molecule has 1 aliphatic heterocycles. The van der Waals surface area contributed by atoms with Crippen LogP contribution in [0.15, 0.2) is 18.2 Å². The summed E-state index contributed by atoms with van der Waals surface area (Å²) in [6, 6.07) is 3.84. The largest absolute Gasteiger partial charge is 0.486 e. The number of benzene rings is 1. The summed E-state index contributed by atoms with van der Waals surface area (Å²) in [5.41, 5.74) is 1.60. The Bertz CT molecular complexity index is 486. The summed E-state index contributed by atoms with van der Waals surface area (Å²) in [6.45, 7) is 3.26. The third-order valence-corrected chi connectivity index (χ3v) is 3.39. The van der Waals surface area contributed by atoms with Crippen LogP contribution in [0.2, 0.25) is 0 Å². The minimum absolute atomic E-state index is 0.0465. The molecule has 0 radical (unpaired) electrons. The predicted molar refractivity (Wildman–Crippen MR) is 72.9 cm³/mol. The van der Waals surface area contributed by atoms with Gasteiger partial charge >= 0.3 is 0 Å². The number of fused-ring (bicyclic) bond motifs is 1. The smallest absolute Gasteiger partial charge is 0.131 e. The molecule has 104 valence electrons. The van der Waals surface area contributed by atoms with Crippen molar-refractivity contribution in [1.82, 2.24) is 0 Å². The summed E-state index contributed by atoms with van der Waals surface area (Å²) in [5, 5.41) is 28.4. The maximum absolute atomic E-state index is 10.0. The summed E-state index contributed by atoms with van der Waals surface area (Å²) in [4.78, 5) is 0. The van der Waals surface area contributed by atoms with Gasteiger partial charge in [0.05, 0.1) is 18.8 Å². The molecule has 0 aliphatic carbocycles. The van der Waals surface area contributed by atoms with Gasteiger partial charge in [-0.2, -0.15) is 0 Å². The van der Waals surface area contributed by atoms with E-state index in [1.54, 1.807) is 26.0 Å². The van der Waals surface area contributed by atoms with Crippen LogP contribution in [0.5, 0.6) is 5.75 Å². The van der Waals surface area contributed by atoms with Gasteiger partial charge in [0.15, 0.2) is 0 Å². The fourth-order valence-electron chi connectivity index (χ4n) is 2.28. The Hall–Kier alpha value is -1.36. The van der Waals surface area contributed by atoms with Crippen molar-refractivity contribution in [1.29, 1.82) is 0 Å². The topological polar surface area (TPSA) is 69.9 Å². The molecule has 3 N–H and O–H groups in total. The molecule has 0 unspecified atom stereocenters. The molecule has 0 aromatic heterocycles. The Morgan fingerprint density at radius 3 is 2.68 bits per heavy atom. The molecule has 2 rings (SSSR count). The van der Waals surface area contributed by atoms with Crippen LogP contribution >= 0.6 is 0 Å². The molecular weight excluding hydrogens is 244 g/mol. The molecule has 1 aromatic carbocycles. The monoisotopic (exact) mass is 264 g/mol. The zero-order valence-corrected chi connectivity index (χ0v) is 11.3. The van der Waals surface area contributed by atoms with Crippen LogP contribution in [0.4, 0.5) is 0 Å². The Kier molecular flexibility index (Phi) is 3.94. The van der Waals surface area contributed by atoms with Gasteiger partial charge in [-0.3, -0.25) is 0 Å². The Morgan fingerprint density at radius 2 is 2.11 bits per heavy atom. The highest BCUT2D eigenvalue weighted by atomic mass is 16.5. The predicted octanol–water partition coefficient (Wildman–Crippen LogP) is 1.26. The van der Waals surface area contributed by atoms with Gasteiger partial charge in [0, 0.05) is 12.0 Å². The maximum atomic E-state index is 10.0. The van der Waals surface area contributed by atoms with Crippen LogP contribution in [-0.4, -0.2) is 33.6 Å². The molecule has 0 saturated carbocycles. The van der Waals surface area contributed by atoms with Crippen molar-refractivity contribution in [2.45, 2.75) is 38.6 Å². The second-order valence-electron chi connectivity index (χ2n) is 5.33. The third-order valence-electron chi connectivity index (χ3n) is 3.39. The van der Waals surface area contributed by atoms with Crippen molar-refractivity contribution in [2.24, 2.45) is 0 Å². The first-order valence-corrected chi connectivity index (χ1v) is 6.39. The van der Waals surface area contributed by atoms with E-state index in [4.69, 9.17) is 9.84 Å². The normalized spacial score (nSPS) is 18.7.